The summed E-state index contributed by atoms with van der Waals surface area (Å²) in [5.74, 6) is 1.85. The van der Waals surface area contributed by atoms with Crippen molar-refractivity contribution in [3.8, 4) is 18.1 Å². The maximum Gasteiger partial charge on any atom is 0.254 e. The van der Waals surface area contributed by atoms with Gasteiger partial charge in [0, 0.05) is 23.7 Å². The molecule has 27 heavy (non-hydrogen) atoms. The topological polar surface area (TPSA) is 75.7 Å². The smallest absolute Gasteiger partial charge is 0.254 e. The van der Waals surface area contributed by atoms with Crippen molar-refractivity contribution < 1.29 is 22.3 Å². The average Bonchev–Trinajstić information content (AvgIpc) is 2.88. The Bertz CT molecular complexity index is 1010. The summed E-state index contributed by atoms with van der Waals surface area (Å²) in [6.07, 6.45) is 5.08. The fourth-order valence-corrected chi connectivity index (χ4v) is 3.70. The molecule has 140 valence electrons. The summed E-state index contributed by atoms with van der Waals surface area (Å²) in [5.41, 5.74) is 0.908. The Morgan fingerprint density at radius 1 is 1.30 bits per heavy atom. The van der Waals surface area contributed by atoms with E-state index in [2.05, 4.69) is 10.6 Å². The third kappa shape index (κ3) is 4.27. The van der Waals surface area contributed by atoms with Crippen LogP contribution in [0, 0.1) is 18.2 Å². The molecule has 0 saturated heterocycles. The van der Waals surface area contributed by atoms with Gasteiger partial charge in [-0.2, -0.15) is 4.72 Å². The SMILES string of the molecule is C#CCNS(=O)(=O)c1cccc(C(=O)N2CCOc3cc(F)ccc3C2)c1. The van der Waals surface area contributed by atoms with E-state index in [-0.39, 0.29) is 36.1 Å². The average molecular weight is 388 g/mol. The van der Waals surface area contributed by atoms with E-state index in [1.165, 1.54) is 35.2 Å². The molecule has 1 N–H and O–H groups in total. The number of hydrogen-bond donors (Lipinski definition) is 1. The number of rotatable bonds is 4. The number of benzene rings is 2. The van der Waals surface area contributed by atoms with Crippen LogP contribution in [0.4, 0.5) is 4.39 Å². The molecule has 8 heteroatoms. The maximum absolute atomic E-state index is 13.4. The number of nitrogens with one attached hydrogen (secondary N) is 1. The number of ether oxygens (including phenoxy) is 1. The molecule has 0 unspecified atom stereocenters. The van der Waals surface area contributed by atoms with Gasteiger partial charge in [0.2, 0.25) is 10.0 Å². The highest BCUT2D eigenvalue weighted by atomic mass is 32.2. The molecule has 0 spiro atoms. The van der Waals surface area contributed by atoms with Crippen molar-refractivity contribution in [2.24, 2.45) is 0 Å². The van der Waals surface area contributed by atoms with E-state index in [4.69, 9.17) is 11.2 Å². The van der Waals surface area contributed by atoms with Gasteiger partial charge < -0.3 is 9.64 Å². The van der Waals surface area contributed by atoms with Crippen LogP contribution in [-0.4, -0.2) is 38.9 Å². The number of terminal acetylenes is 1. The van der Waals surface area contributed by atoms with Gasteiger partial charge >= 0.3 is 0 Å². The minimum absolute atomic E-state index is 0.0443. The molecule has 2 aromatic rings. The van der Waals surface area contributed by atoms with Gasteiger partial charge in [-0.15, -0.1) is 6.42 Å². The largest absolute Gasteiger partial charge is 0.491 e. The van der Waals surface area contributed by atoms with Crippen LogP contribution in [0.25, 0.3) is 0 Å². The molecule has 0 saturated carbocycles. The zero-order valence-corrected chi connectivity index (χ0v) is 15.1. The molecule has 1 amide bonds. The Hall–Kier alpha value is -2.89. The second-order valence-corrected chi connectivity index (χ2v) is 7.65. The molecule has 0 fully saturated rings. The number of sulfonamides is 1. The lowest BCUT2D eigenvalue weighted by Crippen LogP contribution is -2.32. The molecule has 3 rings (SSSR count). The normalized spacial score (nSPS) is 13.9. The molecule has 2 aromatic carbocycles. The zero-order chi connectivity index (χ0) is 19.4. The van der Waals surface area contributed by atoms with Crippen LogP contribution < -0.4 is 9.46 Å². The van der Waals surface area contributed by atoms with E-state index >= 15 is 0 Å². The summed E-state index contributed by atoms with van der Waals surface area (Å²) < 4.78 is 45.5. The van der Waals surface area contributed by atoms with Crippen molar-refractivity contribution in [1.82, 2.24) is 9.62 Å². The van der Waals surface area contributed by atoms with Crippen molar-refractivity contribution in [3.05, 3.63) is 59.4 Å². The molecule has 0 aromatic heterocycles. The lowest BCUT2D eigenvalue weighted by atomic mass is 10.1. The fourth-order valence-electron chi connectivity index (χ4n) is 2.72. The van der Waals surface area contributed by atoms with E-state index < -0.39 is 15.8 Å². The molecule has 1 aliphatic rings. The second-order valence-electron chi connectivity index (χ2n) is 5.88. The predicted molar refractivity (Wildman–Crippen MR) is 97.1 cm³/mol. The Morgan fingerprint density at radius 2 is 2.11 bits per heavy atom. The lowest BCUT2D eigenvalue weighted by molar-refractivity contribution is 0.0733. The van der Waals surface area contributed by atoms with Crippen LogP contribution >= 0.6 is 0 Å². The molecule has 0 aliphatic carbocycles. The third-order valence-electron chi connectivity index (χ3n) is 4.05. The first-order chi connectivity index (χ1) is 12.9. The van der Waals surface area contributed by atoms with Gasteiger partial charge in [-0.3, -0.25) is 4.79 Å². The van der Waals surface area contributed by atoms with Crippen molar-refractivity contribution in [3.63, 3.8) is 0 Å². The van der Waals surface area contributed by atoms with Gasteiger partial charge in [-0.1, -0.05) is 18.1 Å². The van der Waals surface area contributed by atoms with E-state index in [0.29, 0.717) is 17.9 Å². The van der Waals surface area contributed by atoms with Gasteiger partial charge in [-0.25, -0.2) is 12.8 Å². The fraction of sp³-hybridized carbons (Fsp3) is 0.211. The first kappa shape index (κ1) is 18.9. The summed E-state index contributed by atoms with van der Waals surface area (Å²) in [4.78, 5) is 14.4. The highest BCUT2D eigenvalue weighted by Gasteiger charge is 2.23. The van der Waals surface area contributed by atoms with Crippen molar-refractivity contribution in [2.75, 3.05) is 19.7 Å². The monoisotopic (exact) mass is 388 g/mol. The van der Waals surface area contributed by atoms with Gasteiger partial charge in [0.1, 0.15) is 18.2 Å². The molecule has 6 nitrogen and oxygen atoms in total. The summed E-state index contributed by atoms with van der Waals surface area (Å²) >= 11 is 0. The van der Waals surface area contributed by atoms with Gasteiger partial charge in [-0.05, 0) is 24.3 Å². The number of carbonyl (C=O) groups is 1. The van der Waals surface area contributed by atoms with E-state index in [1.807, 2.05) is 0 Å². The van der Waals surface area contributed by atoms with Crippen molar-refractivity contribution >= 4 is 15.9 Å². The van der Waals surface area contributed by atoms with Gasteiger partial charge in [0.15, 0.2) is 0 Å². The van der Waals surface area contributed by atoms with Crippen LogP contribution in [0.5, 0.6) is 5.75 Å². The number of halogens is 1. The van der Waals surface area contributed by atoms with Crippen molar-refractivity contribution in [1.29, 1.82) is 0 Å². The number of amides is 1. The van der Waals surface area contributed by atoms with Gasteiger partial charge in [0.05, 0.1) is 18.0 Å². The Kier molecular flexibility index (Phi) is 5.44. The van der Waals surface area contributed by atoms with E-state index in [0.717, 1.165) is 0 Å². The minimum Gasteiger partial charge on any atom is -0.491 e. The summed E-state index contributed by atoms with van der Waals surface area (Å²) in [6, 6.07) is 9.89. The summed E-state index contributed by atoms with van der Waals surface area (Å²) in [5, 5.41) is 0. The highest BCUT2D eigenvalue weighted by Crippen LogP contribution is 2.25. The molecule has 1 heterocycles. The van der Waals surface area contributed by atoms with Gasteiger partial charge in [0.25, 0.3) is 5.91 Å². The molecular weight excluding hydrogens is 371 g/mol. The number of hydrogen-bond acceptors (Lipinski definition) is 4. The minimum atomic E-state index is -3.80. The third-order valence-corrected chi connectivity index (χ3v) is 5.45. The Balaban J connectivity index is 1.85. The maximum atomic E-state index is 13.4. The summed E-state index contributed by atoms with van der Waals surface area (Å²) in [6.45, 7) is 0.601. The van der Waals surface area contributed by atoms with Crippen LogP contribution in [0.15, 0.2) is 47.4 Å². The Morgan fingerprint density at radius 3 is 2.89 bits per heavy atom. The van der Waals surface area contributed by atoms with E-state index in [9.17, 15) is 17.6 Å². The lowest BCUT2D eigenvalue weighted by Gasteiger charge is -2.20. The molecule has 0 bridgehead atoms. The first-order valence-electron chi connectivity index (χ1n) is 8.14. The molecular formula is C19H17FN2O4S. The Labute approximate surface area is 157 Å². The zero-order valence-electron chi connectivity index (χ0n) is 14.3. The van der Waals surface area contributed by atoms with Crippen LogP contribution in [-0.2, 0) is 16.6 Å². The standard InChI is InChI=1S/C19H17FN2O4S/c1-2-8-21-27(24,25)17-5-3-4-14(11-17)19(23)22-9-10-26-18-12-16(20)7-6-15(18)13-22/h1,3-7,11-12,21H,8-10,13H2. The quantitative estimate of drug-likeness (QED) is 0.810. The molecule has 1 aliphatic heterocycles. The second kappa shape index (κ2) is 7.78. The molecule has 0 radical (unpaired) electrons. The highest BCUT2D eigenvalue weighted by molar-refractivity contribution is 7.89. The summed E-state index contributed by atoms with van der Waals surface area (Å²) in [7, 11) is -3.80. The first-order valence-corrected chi connectivity index (χ1v) is 9.63. The van der Waals surface area contributed by atoms with Crippen LogP contribution in [0.2, 0.25) is 0 Å². The molecule has 0 atom stereocenters. The van der Waals surface area contributed by atoms with Crippen LogP contribution in [0.1, 0.15) is 15.9 Å². The number of fused-ring (bicyclic) bond motifs is 1. The number of carbonyl (C=O) groups excluding carboxylic acids is 1. The van der Waals surface area contributed by atoms with E-state index in [1.54, 1.807) is 12.1 Å². The van der Waals surface area contributed by atoms with Crippen LogP contribution in [0.3, 0.4) is 0 Å². The predicted octanol–water partition coefficient (Wildman–Crippen LogP) is 1.77. The van der Waals surface area contributed by atoms with Crippen molar-refractivity contribution in [2.45, 2.75) is 11.4 Å². The number of nitrogens with zero attached hydrogens (tertiary/aromatic N) is 1.